The molecule has 6 aromatic carbocycles. The number of hydrogen-bond acceptors (Lipinski definition) is 3. The van der Waals surface area contributed by atoms with Crippen molar-refractivity contribution in [3.05, 3.63) is 133 Å². The molecule has 0 aliphatic carbocycles. The van der Waals surface area contributed by atoms with E-state index in [1.165, 1.54) is 0 Å². The van der Waals surface area contributed by atoms with Crippen LogP contribution in [0.1, 0.15) is 5.56 Å². The third-order valence-corrected chi connectivity index (χ3v) is 7.72. The molecule has 0 fully saturated rings. The van der Waals surface area contributed by atoms with Crippen molar-refractivity contribution < 1.29 is 8.83 Å². The average molecular weight is 512 g/mol. The zero-order valence-corrected chi connectivity index (χ0v) is 21.4. The van der Waals surface area contributed by atoms with E-state index in [4.69, 9.17) is 8.83 Å². The van der Waals surface area contributed by atoms with Gasteiger partial charge in [-0.1, -0.05) is 72.8 Å². The van der Waals surface area contributed by atoms with E-state index in [1.807, 2.05) is 60.7 Å². The highest BCUT2D eigenvalue weighted by molar-refractivity contribution is 6.07. The second-order valence-corrected chi connectivity index (χ2v) is 10.1. The van der Waals surface area contributed by atoms with E-state index < -0.39 is 0 Å². The van der Waals surface area contributed by atoms with Gasteiger partial charge < -0.3 is 8.83 Å². The zero-order chi connectivity index (χ0) is 26.6. The molecule has 2 heterocycles. The first-order valence-electron chi connectivity index (χ1n) is 13.2. The first-order chi connectivity index (χ1) is 19.7. The number of fused-ring (bicyclic) bond motifs is 6. The second-order valence-electron chi connectivity index (χ2n) is 10.1. The van der Waals surface area contributed by atoms with Gasteiger partial charge in [-0.15, -0.1) is 0 Å². The zero-order valence-electron chi connectivity index (χ0n) is 21.4. The number of nitriles is 1. The van der Waals surface area contributed by atoms with Gasteiger partial charge in [-0.3, -0.25) is 0 Å². The predicted octanol–water partition coefficient (Wildman–Crippen LogP) is 10.4. The van der Waals surface area contributed by atoms with Crippen molar-refractivity contribution in [3.63, 3.8) is 0 Å². The molecule has 2 aromatic heterocycles. The van der Waals surface area contributed by atoms with Crippen molar-refractivity contribution in [3.8, 4) is 39.4 Å². The maximum Gasteiger partial charge on any atom is 0.136 e. The SMILES string of the molecule is N#Cc1cccc(-c2cc(-c3ccc4oc5ccccc5c4c3)ccc2-c2ccc3c(c2)oc2ccccc23)c1. The van der Waals surface area contributed by atoms with Crippen molar-refractivity contribution in [1.29, 1.82) is 5.26 Å². The van der Waals surface area contributed by atoms with Crippen LogP contribution in [0.15, 0.2) is 136 Å². The summed E-state index contributed by atoms with van der Waals surface area (Å²) in [6.45, 7) is 0. The molecule has 0 unspecified atom stereocenters. The molecule has 0 aliphatic rings. The third-order valence-electron chi connectivity index (χ3n) is 7.72. The van der Waals surface area contributed by atoms with E-state index in [1.54, 1.807) is 0 Å². The maximum atomic E-state index is 9.61. The first kappa shape index (κ1) is 22.4. The van der Waals surface area contributed by atoms with Gasteiger partial charge in [0.1, 0.15) is 22.3 Å². The fourth-order valence-electron chi connectivity index (χ4n) is 5.77. The largest absolute Gasteiger partial charge is 0.456 e. The Morgan fingerprint density at radius 3 is 1.85 bits per heavy atom. The smallest absolute Gasteiger partial charge is 0.136 e. The fraction of sp³-hybridized carbons (Fsp3) is 0. The van der Waals surface area contributed by atoms with E-state index in [0.29, 0.717) is 5.56 Å². The van der Waals surface area contributed by atoms with Gasteiger partial charge in [-0.25, -0.2) is 0 Å². The van der Waals surface area contributed by atoms with Crippen LogP contribution in [0.3, 0.4) is 0 Å². The molecule has 3 heteroatoms. The lowest BCUT2D eigenvalue weighted by molar-refractivity contribution is 0.668. The lowest BCUT2D eigenvalue weighted by atomic mass is 9.90. The van der Waals surface area contributed by atoms with Crippen LogP contribution in [0.5, 0.6) is 0 Å². The summed E-state index contributed by atoms with van der Waals surface area (Å²) in [6.07, 6.45) is 0. The Morgan fingerprint density at radius 2 is 1.02 bits per heavy atom. The van der Waals surface area contributed by atoms with Gasteiger partial charge in [-0.2, -0.15) is 5.26 Å². The maximum absolute atomic E-state index is 9.61. The number of rotatable bonds is 3. The molecular weight excluding hydrogens is 490 g/mol. The van der Waals surface area contributed by atoms with Gasteiger partial charge >= 0.3 is 0 Å². The van der Waals surface area contributed by atoms with Crippen molar-refractivity contribution in [2.75, 3.05) is 0 Å². The summed E-state index contributed by atoms with van der Waals surface area (Å²) >= 11 is 0. The van der Waals surface area contributed by atoms with Gasteiger partial charge in [0, 0.05) is 21.5 Å². The number of nitrogens with zero attached hydrogens (tertiary/aromatic N) is 1. The molecule has 0 saturated carbocycles. The first-order valence-corrected chi connectivity index (χ1v) is 13.2. The molecule has 8 rings (SSSR count). The molecule has 0 atom stereocenters. The Bertz CT molecular complexity index is 2290. The lowest BCUT2D eigenvalue weighted by Crippen LogP contribution is -1.89. The molecule has 186 valence electrons. The Hall–Kier alpha value is -5.59. The van der Waals surface area contributed by atoms with E-state index in [-0.39, 0.29) is 0 Å². The highest BCUT2D eigenvalue weighted by Gasteiger charge is 2.15. The normalized spacial score (nSPS) is 11.5. The van der Waals surface area contributed by atoms with Crippen LogP contribution in [0.2, 0.25) is 0 Å². The lowest BCUT2D eigenvalue weighted by Gasteiger charge is -2.14. The third kappa shape index (κ3) is 3.51. The quantitative estimate of drug-likeness (QED) is 0.237. The van der Waals surface area contributed by atoms with Crippen LogP contribution < -0.4 is 0 Å². The molecule has 0 N–H and O–H groups in total. The van der Waals surface area contributed by atoms with E-state index >= 15 is 0 Å². The molecule has 40 heavy (non-hydrogen) atoms. The van der Waals surface area contributed by atoms with Crippen LogP contribution in [-0.4, -0.2) is 0 Å². The molecule has 0 amide bonds. The molecule has 0 spiro atoms. The van der Waals surface area contributed by atoms with Crippen molar-refractivity contribution in [1.82, 2.24) is 0 Å². The van der Waals surface area contributed by atoms with Gasteiger partial charge in [0.2, 0.25) is 0 Å². The van der Waals surface area contributed by atoms with Gasteiger partial charge in [0.15, 0.2) is 0 Å². The summed E-state index contributed by atoms with van der Waals surface area (Å²) in [7, 11) is 0. The van der Waals surface area contributed by atoms with Crippen molar-refractivity contribution >= 4 is 43.9 Å². The van der Waals surface area contributed by atoms with Gasteiger partial charge in [0.25, 0.3) is 0 Å². The Kier molecular flexibility index (Phi) is 4.89. The summed E-state index contributed by atoms with van der Waals surface area (Å²) in [4.78, 5) is 0. The van der Waals surface area contributed by atoms with E-state index in [0.717, 1.165) is 77.3 Å². The van der Waals surface area contributed by atoms with Crippen LogP contribution >= 0.6 is 0 Å². The molecular formula is C37H21NO2. The molecule has 0 radical (unpaired) electrons. The van der Waals surface area contributed by atoms with Gasteiger partial charge in [-0.05, 0) is 88.0 Å². The van der Waals surface area contributed by atoms with Crippen LogP contribution in [-0.2, 0) is 0 Å². The van der Waals surface area contributed by atoms with E-state index in [2.05, 4.69) is 72.8 Å². The summed E-state index contributed by atoms with van der Waals surface area (Å²) in [5, 5.41) is 14.0. The molecule has 0 aliphatic heterocycles. The number of benzene rings is 6. The standard InChI is InChI=1S/C37H21NO2/c38-22-23-6-5-7-26(18-23)32-19-24(25-14-17-36-33(20-25)30-9-2-4-11-35(30)39-36)12-15-28(32)27-13-16-31-29-8-1-3-10-34(29)40-37(31)21-27/h1-21H. The topological polar surface area (TPSA) is 50.1 Å². The Balaban J connectivity index is 1.33. The highest BCUT2D eigenvalue weighted by Crippen LogP contribution is 2.40. The summed E-state index contributed by atoms with van der Waals surface area (Å²) in [5.41, 5.74) is 10.5. The molecule has 3 nitrogen and oxygen atoms in total. The number of furan rings is 2. The van der Waals surface area contributed by atoms with E-state index in [9.17, 15) is 5.26 Å². The van der Waals surface area contributed by atoms with Crippen LogP contribution in [0.25, 0.3) is 77.3 Å². The summed E-state index contributed by atoms with van der Waals surface area (Å²) in [5.74, 6) is 0. The second kappa shape index (κ2) is 8.73. The molecule has 0 bridgehead atoms. The average Bonchev–Trinajstić information content (AvgIpc) is 3.58. The fourth-order valence-corrected chi connectivity index (χ4v) is 5.77. The van der Waals surface area contributed by atoms with Crippen molar-refractivity contribution in [2.24, 2.45) is 0 Å². The molecule has 0 saturated heterocycles. The Labute approximate surface area is 230 Å². The number of para-hydroxylation sites is 2. The minimum Gasteiger partial charge on any atom is -0.456 e. The van der Waals surface area contributed by atoms with Gasteiger partial charge in [0.05, 0.1) is 11.6 Å². The van der Waals surface area contributed by atoms with Crippen LogP contribution in [0.4, 0.5) is 0 Å². The van der Waals surface area contributed by atoms with Crippen molar-refractivity contribution in [2.45, 2.75) is 0 Å². The Morgan fingerprint density at radius 1 is 0.400 bits per heavy atom. The highest BCUT2D eigenvalue weighted by atomic mass is 16.3. The van der Waals surface area contributed by atoms with Crippen LogP contribution in [0, 0.1) is 11.3 Å². The monoisotopic (exact) mass is 511 g/mol. The summed E-state index contributed by atoms with van der Waals surface area (Å²) in [6, 6.07) is 45.7. The predicted molar refractivity (Wildman–Crippen MR) is 162 cm³/mol. The minimum absolute atomic E-state index is 0.632. The minimum atomic E-state index is 0.632. The number of hydrogen-bond donors (Lipinski definition) is 0. The molecule has 8 aromatic rings. The summed E-state index contributed by atoms with van der Waals surface area (Å²) < 4.78 is 12.3.